The minimum atomic E-state index is -0.00620. The molecule has 0 N–H and O–H groups in total. The summed E-state index contributed by atoms with van der Waals surface area (Å²) in [6, 6.07) is 18.0. The van der Waals surface area contributed by atoms with Gasteiger partial charge in [-0.3, -0.25) is 4.79 Å². The van der Waals surface area contributed by atoms with Gasteiger partial charge in [0, 0.05) is 31.6 Å². The zero-order valence-corrected chi connectivity index (χ0v) is 17.3. The number of ether oxygens (including phenoxy) is 1. The van der Waals surface area contributed by atoms with Crippen LogP contribution in [0.5, 0.6) is 5.75 Å². The normalized spacial score (nSPS) is 14.8. The molecule has 0 atom stereocenters. The maximum Gasteiger partial charge on any atom is 0.274 e. The summed E-state index contributed by atoms with van der Waals surface area (Å²) in [7, 11) is 0. The van der Waals surface area contributed by atoms with Gasteiger partial charge >= 0.3 is 0 Å². The van der Waals surface area contributed by atoms with E-state index in [2.05, 4.69) is 37.1 Å². The number of piperidine rings is 1. The first-order valence-electron chi connectivity index (χ1n) is 10.2. The van der Waals surface area contributed by atoms with Gasteiger partial charge < -0.3 is 9.64 Å². The number of carbonyl (C=O) groups excluding carboxylic acids is 1. The topological polar surface area (TPSA) is 47.4 Å². The van der Waals surface area contributed by atoms with E-state index in [1.54, 1.807) is 0 Å². The Balaban J connectivity index is 1.41. The lowest BCUT2D eigenvalue weighted by Gasteiger charge is -2.32. The van der Waals surface area contributed by atoms with Crippen LogP contribution >= 0.6 is 0 Å². The van der Waals surface area contributed by atoms with E-state index < -0.39 is 0 Å². The number of hydrogen-bond donors (Lipinski definition) is 0. The monoisotopic (exact) mass is 389 g/mol. The van der Waals surface area contributed by atoms with Crippen molar-refractivity contribution in [3.05, 3.63) is 77.1 Å². The van der Waals surface area contributed by atoms with Crippen LogP contribution < -0.4 is 4.74 Å². The predicted molar refractivity (Wildman–Crippen MR) is 114 cm³/mol. The second kappa shape index (κ2) is 8.11. The Bertz CT molecular complexity index is 982. The highest BCUT2D eigenvalue weighted by Crippen LogP contribution is 2.26. The minimum Gasteiger partial charge on any atom is -0.490 e. The number of likely N-dealkylation sites (tertiary alicyclic amines) is 1. The molecular weight excluding hydrogens is 362 g/mol. The summed E-state index contributed by atoms with van der Waals surface area (Å²) in [5, 5.41) is 4.56. The lowest BCUT2D eigenvalue weighted by Crippen LogP contribution is -2.42. The predicted octanol–water partition coefficient (Wildman–Crippen LogP) is 4.48. The number of nitrogens with zero attached hydrogens (tertiary/aromatic N) is 3. The van der Waals surface area contributed by atoms with Crippen molar-refractivity contribution in [1.82, 2.24) is 14.7 Å². The lowest BCUT2D eigenvalue weighted by molar-refractivity contribution is 0.0587. The van der Waals surface area contributed by atoms with Gasteiger partial charge in [0.1, 0.15) is 11.9 Å². The molecule has 29 heavy (non-hydrogen) atoms. The van der Waals surface area contributed by atoms with Crippen LogP contribution in [0.3, 0.4) is 0 Å². The molecule has 1 fully saturated rings. The molecule has 2 heterocycles. The third-order valence-corrected chi connectivity index (χ3v) is 5.53. The van der Waals surface area contributed by atoms with Crippen molar-refractivity contribution >= 4 is 5.91 Å². The quantitative estimate of drug-likeness (QED) is 0.661. The Kier molecular flexibility index (Phi) is 5.38. The Hall–Kier alpha value is -3.08. The second-order valence-corrected chi connectivity index (χ2v) is 7.75. The fraction of sp³-hybridized carbons (Fsp3) is 0.333. The van der Waals surface area contributed by atoms with Crippen molar-refractivity contribution in [3.8, 4) is 11.4 Å². The smallest absolute Gasteiger partial charge is 0.274 e. The van der Waals surface area contributed by atoms with E-state index in [-0.39, 0.29) is 12.0 Å². The standard InChI is InChI=1S/C24H27N3O2/c1-17-8-7-9-18(2)23(17)29-21-12-14-26(15-13-21)24(28)22-16-19(3)27(25-22)20-10-5-4-6-11-20/h4-11,16,21H,12-15H2,1-3H3. The number of carbonyl (C=O) groups is 1. The van der Waals surface area contributed by atoms with E-state index in [1.165, 1.54) is 0 Å². The molecule has 0 bridgehead atoms. The van der Waals surface area contributed by atoms with Crippen LogP contribution in [0, 0.1) is 20.8 Å². The zero-order valence-electron chi connectivity index (χ0n) is 17.3. The molecule has 1 amide bonds. The molecule has 0 unspecified atom stereocenters. The molecule has 0 aliphatic carbocycles. The molecular formula is C24H27N3O2. The molecule has 1 aliphatic rings. The molecule has 1 aromatic heterocycles. The van der Waals surface area contributed by atoms with Crippen molar-refractivity contribution in [2.45, 2.75) is 39.7 Å². The van der Waals surface area contributed by atoms with Crippen molar-refractivity contribution in [1.29, 1.82) is 0 Å². The first-order chi connectivity index (χ1) is 14.0. The summed E-state index contributed by atoms with van der Waals surface area (Å²) < 4.78 is 8.10. The molecule has 4 rings (SSSR count). The Morgan fingerprint density at radius 1 is 0.966 bits per heavy atom. The van der Waals surface area contributed by atoms with Gasteiger partial charge in [0.25, 0.3) is 5.91 Å². The summed E-state index contributed by atoms with van der Waals surface area (Å²) >= 11 is 0. The molecule has 3 aromatic rings. The summed E-state index contributed by atoms with van der Waals surface area (Å²) in [6.07, 6.45) is 1.80. The van der Waals surface area contributed by atoms with E-state index in [9.17, 15) is 4.79 Å². The molecule has 1 saturated heterocycles. The van der Waals surface area contributed by atoms with Gasteiger partial charge in [0.05, 0.1) is 5.69 Å². The van der Waals surface area contributed by atoms with Gasteiger partial charge in [-0.15, -0.1) is 0 Å². The summed E-state index contributed by atoms with van der Waals surface area (Å²) in [5.41, 5.74) is 4.73. The Morgan fingerprint density at radius 2 is 1.62 bits per heavy atom. The molecule has 5 heteroatoms. The number of rotatable bonds is 4. The summed E-state index contributed by atoms with van der Waals surface area (Å²) in [4.78, 5) is 14.9. The fourth-order valence-corrected chi connectivity index (χ4v) is 3.90. The summed E-state index contributed by atoms with van der Waals surface area (Å²) in [6.45, 7) is 7.50. The molecule has 5 nitrogen and oxygen atoms in total. The average molecular weight is 389 g/mol. The maximum absolute atomic E-state index is 13.0. The molecule has 150 valence electrons. The van der Waals surface area contributed by atoms with Crippen molar-refractivity contribution < 1.29 is 9.53 Å². The van der Waals surface area contributed by atoms with Crippen molar-refractivity contribution in [2.75, 3.05) is 13.1 Å². The SMILES string of the molecule is Cc1cccc(C)c1OC1CCN(C(=O)c2cc(C)n(-c3ccccc3)n2)CC1. The van der Waals surface area contributed by atoms with Crippen LogP contribution in [-0.4, -0.2) is 39.8 Å². The number of aryl methyl sites for hydroxylation is 3. The zero-order chi connectivity index (χ0) is 20.4. The largest absolute Gasteiger partial charge is 0.490 e. The molecule has 0 spiro atoms. The highest BCUT2D eigenvalue weighted by Gasteiger charge is 2.27. The number of hydrogen-bond acceptors (Lipinski definition) is 3. The van der Waals surface area contributed by atoms with Crippen LogP contribution in [-0.2, 0) is 0 Å². The van der Waals surface area contributed by atoms with Gasteiger partial charge in [-0.05, 0) is 50.1 Å². The van der Waals surface area contributed by atoms with Crippen molar-refractivity contribution in [2.24, 2.45) is 0 Å². The molecule has 1 aliphatic heterocycles. The summed E-state index contributed by atoms with van der Waals surface area (Å²) in [5.74, 6) is 0.975. The van der Waals surface area contributed by atoms with Gasteiger partial charge in [0.15, 0.2) is 5.69 Å². The molecule has 0 radical (unpaired) electrons. The minimum absolute atomic E-state index is 0.00620. The fourth-order valence-electron chi connectivity index (χ4n) is 3.90. The van der Waals surface area contributed by atoms with Gasteiger partial charge in [-0.1, -0.05) is 36.4 Å². The highest BCUT2D eigenvalue weighted by molar-refractivity contribution is 5.92. The Labute approximate surface area is 171 Å². The second-order valence-electron chi connectivity index (χ2n) is 7.75. The Morgan fingerprint density at radius 3 is 2.28 bits per heavy atom. The first kappa shape index (κ1) is 19.2. The van der Waals surface area contributed by atoms with Crippen LogP contribution in [0.15, 0.2) is 54.6 Å². The number of amides is 1. The number of para-hydroxylation sites is 2. The highest BCUT2D eigenvalue weighted by atomic mass is 16.5. The van der Waals surface area contributed by atoms with E-state index in [1.807, 2.05) is 52.9 Å². The number of benzene rings is 2. The third kappa shape index (κ3) is 4.04. The van der Waals surface area contributed by atoms with E-state index in [0.717, 1.165) is 41.1 Å². The average Bonchev–Trinajstić information content (AvgIpc) is 3.13. The first-order valence-corrected chi connectivity index (χ1v) is 10.2. The lowest BCUT2D eigenvalue weighted by atomic mass is 10.1. The van der Waals surface area contributed by atoms with Gasteiger partial charge in [-0.2, -0.15) is 5.10 Å². The van der Waals surface area contributed by atoms with E-state index >= 15 is 0 Å². The van der Waals surface area contributed by atoms with Crippen LogP contribution in [0.25, 0.3) is 5.69 Å². The van der Waals surface area contributed by atoms with Crippen molar-refractivity contribution in [3.63, 3.8) is 0 Å². The molecule has 0 saturated carbocycles. The van der Waals surface area contributed by atoms with Gasteiger partial charge in [0.2, 0.25) is 0 Å². The molecule has 2 aromatic carbocycles. The number of aromatic nitrogens is 2. The van der Waals surface area contributed by atoms with E-state index in [4.69, 9.17) is 4.74 Å². The van der Waals surface area contributed by atoms with Crippen LogP contribution in [0.2, 0.25) is 0 Å². The van der Waals surface area contributed by atoms with Crippen LogP contribution in [0.4, 0.5) is 0 Å². The van der Waals surface area contributed by atoms with Gasteiger partial charge in [-0.25, -0.2) is 4.68 Å². The maximum atomic E-state index is 13.0. The van der Waals surface area contributed by atoms with Crippen LogP contribution in [0.1, 0.15) is 40.2 Å². The third-order valence-electron chi connectivity index (χ3n) is 5.53. The van der Waals surface area contributed by atoms with E-state index in [0.29, 0.717) is 18.8 Å².